The Balaban J connectivity index is 3.76. The highest BCUT2D eigenvalue weighted by Gasteiger charge is 2.15. The summed E-state index contributed by atoms with van der Waals surface area (Å²) in [6.45, 7) is 3.29. The number of hydrogen-bond donors (Lipinski definition) is 3. The van der Waals surface area contributed by atoms with E-state index in [-0.39, 0.29) is 12.5 Å². The van der Waals surface area contributed by atoms with Crippen LogP contribution in [0.15, 0.2) is 12.2 Å². The van der Waals surface area contributed by atoms with Crippen molar-refractivity contribution >= 4 is 5.91 Å². The van der Waals surface area contributed by atoms with Crippen LogP contribution in [0.3, 0.4) is 0 Å². The third-order valence-electron chi connectivity index (χ3n) is 2.81. The van der Waals surface area contributed by atoms with Gasteiger partial charge >= 0.3 is 0 Å². The Morgan fingerprint density at radius 2 is 1.94 bits per heavy atom. The molecule has 0 spiro atoms. The van der Waals surface area contributed by atoms with Crippen LogP contribution in [0.5, 0.6) is 0 Å². The maximum Gasteiger partial charge on any atom is 0.217 e. The molecule has 1 amide bonds. The SMILES string of the molecule is CCCCCCC/C=C/[C@@H](O)[C@H](CO)NC(C)=O. The number of nitrogens with one attached hydrogen (secondary N) is 1. The lowest BCUT2D eigenvalue weighted by molar-refractivity contribution is -0.120. The largest absolute Gasteiger partial charge is 0.394 e. The van der Waals surface area contributed by atoms with Gasteiger partial charge in [-0.05, 0) is 12.8 Å². The molecule has 4 heteroatoms. The summed E-state index contributed by atoms with van der Waals surface area (Å²) >= 11 is 0. The van der Waals surface area contributed by atoms with Gasteiger partial charge in [0.2, 0.25) is 5.91 Å². The number of rotatable bonds is 10. The monoisotopic (exact) mass is 257 g/mol. The summed E-state index contributed by atoms with van der Waals surface area (Å²) in [6.07, 6.45) is 9.78. The molecule has 18 heavy (non-hydrogen) atoms. The zero-order valence-corrected chi connectivity index (χ0v) is 11.6. The van der Waals surface area contributed by atoms with Gasteiger partial charge in [-0.25, -0.2) is 0 Å². The van der Waals surface area contributed by atoms with E-state index in [9.17, 15) is 9.90 Å². The molecule has 106 valence electrons. The van der Waals surface area contributed by atoms with Crippen LogP contribution in [-0.2, 0) is 4.79 Å². The van der Waals surface area contributed by atoms with Crippen LogP contribution in [0.25, 0.3) is 0 Å². The van der Waals surface area contributed by atoms with E-state index in [1.807, 2.05) is 6.08 Å². The number of unbranched alkanes of at least 4 members (excludes halogenated alkanes) is 5. The molecule has 0 aliphatic heterocycles. The number of hydrogen-bond acceptors (Lipinski definition) is 3. The van der Waals surface area contributed by atoms with Gasteiger partial charge < -0.3 is 15.5 Å². The van der Waals surface area contributed by atoms with E-state index >= 15 is 0 Å². The Hall–Kier alpha value is -0.870. The van der Waals surface area contributed by atoms with Crippen molar-refractivity contribution in [3.8, 4) is 0 Å². The van der Waals surface area contributed by atoms with Crippen molar-refractivity contribution in [1.29, 1.82) is 0 Å². The molecular weight excluding hydrogens is 230 g/mol. The van der Waals surface area contributed by atoms with Crippen LogP contribution in [0.1, 0.15) is 52.4 Å². The molecule has 2 atom stereocenters. The average molecular weight is 257 g/mol. The van der Waals surface area contributed by atoms with Gasteiger partial charge in [-0.3, -0.25) is 4.79 Å². The first-order valence-electron chi connectivity index (χ1n) is 6.84. The van der Waals surface area contributed by atoms with Crippen LogP contribution in [0.2, 0.25) is 0 Å². The molecule has 0 bridgehead atoms. The third kappa shape index (κ3) is 9.19. The molecule has 0 saturated heterocycles. The second-order valence-electron chi connectivity index (χ2n) is 4.61. The van der Waals surface area contributed by atoms with Crippen molar-refractivity contribution in [3.05, 3.63) is 12.2 Å². The zero-order chi connectivity index (χ0) is 13.8. The van der Waals surface area contributed by atoms with Crippen molar-refractivity contribution in [2.24, 2.45) is 0 Å². The smallest absolute Gasteiger partial charge is 0.217 e. The topological polar surface area (TPSA) is 69.6 Å². The van der Waals surface area contributed by atoms with Crippen molar-refractivity contribution in [2.45, 2.75) is 64.5 Å². The first-order valence-corrected chi connectivity index (χ1v) is 6.84. The fourth-order valence-electron chi connectivity index (χ4n) is 1.74. The first-order chi connectivity index (χ1) is 8.61. The summed E-state index contributed by atoms with van der Waals surface area (Å²) in [7, 11) is 0. The van der Waals surface area contributed by atoms with E-state index in [2.05, 4.69) is 12.2 Å². The Morgan fingerprint density at radius 1 is 1.28 bits per heavy atom. The Morgan fingerprint density at radius 3 is 2.50 bits per heavy atom. The second-order valence-corrected chi connectivity index (χ2v) is 4.61. The Bertz CT molecular complexity index is 241. The predicted octanol–water partition coefficient (Wildman–Crippen LogP) is 1.76. The minimum Gasteiger partial charge on any atom is -0.394 e. The number of allylic oxidation sites excluding steroid dienone is 1. The summed E-state index contributed by atoms with van der Waals surface area (Å²) in [5.41, 5.74) is 0. The Labute approximate surface area is 110 Å². The molecule has 0 aliphatic carbocycles. The summed E-state index contributed by atoms with van der Waals surface area (Å²) in [5.74, 6) is -0.249. The van der Waals surface area contributed by atoms with Crippen molar-refractivity contribution < 1.29 is 15.0 Å². The molecule has 0 rings (SSSR count). The molecule has 0 radical (unpaired) electrons. The predicted molar refractivity (Wildman–Crippen MR) is 73.2 cm³/mol. The molecule has 0 aromatic rings. The van der Waals surface area contributed by atoms with Gasteiger partial charge in [-0.15, -0.1) is 0 Å². The third-order valence-corrected chi connectivity index (χ3v) is 2.81. The quantitative estimate of drug-likeness (QED) is 0.412. The van der Waals surface area contributed by atoms with Gasteiger partial charge in [0.15, 0.2) is 0 Å². The number of carbonyl (C=O) groups excluding carboxylic acids is 1. The van der Waals surface area contributed by atoms with Crippen molar-refractivity contribution in [1.82, 2.24) is 5.32 Å². The van der Waals surface area contributed by atoms with Crippen molar-refractivity contribution in [2.75, 3.05) is 6.61 Å². The zero-order valence-electron chi connectivity index (χ0n) is 11.6. The lowest BCUT2D eigenvalue weighted by Gasteiger charge is -2.18. The second kappa shape index (κ2) is 11.2. The van der Waals surface area contributed by atoms with E-state index in [1.54, 1.807) is 6.08 Å². The minimum atomic E-state index is -0.824. The molecule has 0 fully saturated rings. The number of aliphatic hydroxyl groups excluding tert-OH is 2. The standard InChI is InChI=1S/C14H27NO3/c1-3-4-5-6-7-8-9-10-14(18)13(11-16)15-12(2)17/h9-10,13-14,16,18H,3-8,11H2,1-2H3,(H,15,17)/b10-9+/t13-,14+/m0/s1. The molecular formula is C14H27NO3. The van der Waals surface area contributed by atoms with Gasteiger partial charge in [0.1, 0.15) is 0 Å². The van der Waals surface area contributed by atoms with Crippen LogP contribution in [0.4, 0.5) is 0 Å². The fourth-order valence-corrected chi connectivity index (χ4v) is 1.74. The highest BCUT2D eigenvalue weighted by molar-refractivity contribution is 5.73. The lowest BCUT2D eigenvalue weighted by Crippen LogP contribution is -2.44. The van der Waals surface area contributed by atoms with Crippen LogP contribution < -0.4 is 5.32 Å². The molecule has 0 aromatic heterocycles. The molecule has 0 unspecified atom stereocenters. The fraction of sp³-hybridized carbons (Fsp3) is 0.786. The van der Waals surface area contributed by atoms with Gasteiger partial charge in [0.05, 0.1) is 18.8 Å². The molecule has 0 aromatic carbocycles. The number of amides is 1. The van der Waals surface area contributed by atoms with E-state index < -0.39 is 12.1 Å². The van der Waals surface area contributed by atoms with Crippen molar-refractivity contribution in [3.63, 3.8) is 0 Å². The lowest BCUT2D eigenvalue weighted by atomic mass is 10.1. The molecule has 0 aliphatic rings. The summed E-state index contributed by atoms with van der Waals surface area (Å²) in [6, 6.07) is -0.612. The van der Waals surface area contributed by atoms with E-state index in [0.717, 1.165) is 12.8 Å². The number of aliphatic hydroxyl groups is 2. The summed E-state index contributed by atoms with van der Waals surface area (Å²) in [5, 5.41) is 21.3. The molecule has 3 N–H and O–H groups in total. The minimum absolute atomic E-state index is 0.249. The number of carbonyl (C=O) groups is 1. The molecule has 0 heterocycles. The molecule has 4 nitrogen and oxygen atoms in total. The van der Waals surface area contributed by atoms with Gasteiger partial charge in [-0.1, -0.05) is 44.8 Å². The average Bonchev–Trinajstić information content (AvgIpc) is 2.34. The van der Waals surface area contributed by atoms with Gasteiger partial charge in [0, 0.05) is 6.92 Å². The summed E-state index contributed by atoms with van der Waals surface area (Å²) < 4.78 is 0. The van der Waals surface area contributed by atoms with Gasteiger partial charge in [-0.2, -0.15) is 0 Å². The maximum absolute atomic E-state index is 10.8. The first kappa shape index (κ1) is 17.1. The Kier molecular flexibility index (Phi) is 10.7. The normalized spacial score (nSPS) is 14.7. The molecule has 0 saturated carbocycles. The van der Waals surface area contributed by atoms with E-state index in [1.165, 1.54) is 32.6 Å². The highest BCUT2D eigenvalue weighted by atomic mass is 16.3. The van der Waals surface area contributed by atoms with Crippen LogP contribution >= 0.6 is 0 Å². The van der Waals surface area contributed by atoms with Gasteiger partial charge in [0.25, 0.3) is 0 Å². The highest BCUT2D eigenvalue weighted by Crippen LogP contribution is 2.06. The van der Waals surface area contributed by atoms with E-state index in [4.69, 9.17) is 5.11 Å². The van der Waals surface area contributed by atoms with E-state index in [0.29, 0.717) is 0 Å². The van der Waals surface area contributed by atoms with Crippen LogP contribution in [-0.4, -0.2) is 34.9 Å². The summed E-state index contributed by atoms with van der Waals surface area (Å²) in [4.78, 5) is 10.8. The van der Waals surface area contributed by atoms with Crippen LogP contribution in [0, 0.1) is 0 Å². The maximum atomic E-state index is 10.8.